The quantitative estimate of drug-likeness (QED) is 0.512. The number of pyridine rings is 1. The predicted molar refractivity (Wildman–Crippen MR) is 113 cm³/mol. The summed E-state index contributed by atoms with van der Waals surface area (Å²) in [5, 5.41) is 4.22. The largest absolute Gasteiger partial charge is 0.378 e. The summed E-state index contributed by atoms with van der Waals surface area (Å²) in [4.78, 5) is 24.5. The van der Waals surface area contributed by atoms with Gasteiger partial charge in [0.2, 0.25) is 5.91 Å². The van der Waals surface area contributed by atoms with Crippen LogP contribution in [0.4, 0.5) is 5.69 Å². The Hall–Kier alpha value is -2.38. The van der Waals surface area contributed by atoms with Gasteiger partial charge in [-0.1, -0.05) is 23.8 Å². The van der Waals surface area contributed by atoms with Crippen LogP contribution in [0.5, 0.6) is 0 Å². The highest BCUT2D eigenvalue weighted by molar-refractivity contribution is 9.10. The molecule has 0 aliphatic heterocycles. The highest BCUT2D eigenvalue weighted by Crippen LogP contribution is 2.46. The number of carbonyl (C=O) groups excluding carboxylic acids is 1. The SMILES string of the molecule is NC(=O)C1C2C=CC(C2)C1Nc1c(Br)cnc2[nH]c(-c3ccc(Cl)cc3)nc12. The second kappa shape index (κ2) is 6.60. The van der Waals surface area contributed by atoms with E-state index in [1.54, 1.807) is 6.20 Å². The number of halogens is 2. The number of nitrogens with zero attached hydrogens (tertiary/aromatic N) is 2. The maximum absolute atomic E-state index is 12.0. The standard InChI is InChI=1S/C20H17BrClN5O/c21-13-8-24-20-17(26-19(27-20)9-3-5-12(22)6-4-9)16(13)25-15-11-2-1-10(7-11)14(15)18(23)28/h1-6,8,10-11,14-15H,7H2,(H2,23,28)(H2,24,25,26,27). The first kappa shape index (κ1) is 17.7. The van der Waals surface area contributed by atoms with Gasteiger partial charge in [-0.3, -0.25) is 4.79 Å². The minimum Gasteiger partial charge on any atom is -0.378 e. The summed E-state index contributed by atoms with van der Waals surface area (Å²) in [5.41, 5.74) is 8.83. The van der Waals surface area contributed by atoms with Crippen molar-refractivity contribution in [2.45, 2.75) is 12.5 Å². The van der Waals surface area contributed by atoms with Gasteiger partial charge in [0.05, 0.1) is 16.1 Å². The summed E-state index contributed by atoms with van der Waals surface area (Å²) < 4.78 is 0.795. The first-order valence-electron chi connectivity index (χ1n) is 9.05. The molecular weight excluding hydrogens is 442 g/mol. The number of nitrogens with two attached hydrogens (primary N) is 1. The Balaban J connectivity index is 1.56. The number of H-pyrrole nitrogens is 1. The van der Waals surface area contributed by atoms with Gasteiger partial charge in [0.25, 0.3) is 0 Å². The fourth-order valence-electron chi connectivity index (χ4n) is 4.39. The zero-order valence-electron chi connectivity index (χ0n) is 14.7. The average Bonchev–Trinajstić information content (AvgIpc) is 3.38. The molecule has 2 aromatic heterocycles. The van der Waals surface area contributed by atoms with E-state index in [2.05, 4.69) is 43.4 Å². The Kier molecular flexibility index (Phi) is 4.17. The van der Waals surface area contributed by atoms with Crippen LogP contribution in [-0.4, -0.2) is 26.9 Å². The topological polar surface area (TPSA) is 96.7 Å². The molecule has 5 rings (SSSR count). The van der Waals surface area contributed by atoms with Gasteiger partial charge in [-0.2, -0.15) is 0 Å². The maximum atomic E-state index is 12.0. The van der Waals surface area contributed by atoms with Crippen molar-refractivity contribution in [1.29, 1.82) is 0 Å². The third kappa shape index (κ3) is 2.81. The molecule has 1 aromatic carbocycles. The lowest BCUT2D eigenvalue weighted by Crippen LogP contribution is -2.41. The number of primary amides is 1. The van der Waals surface area contributed by atoms with E-state index in [0.29, 0.717) is 22.0 Å². The Morgan fingerprint density at radius 3 is 2.75 bits per heavy atom. The van der Waals surface area contributed by atoms with E-state index in [9.17, 15) is 4.79 Å². The Morgan fingerprint density at radius 1 is 1.25 bits per heavy atom. The Bertz CT molecular complexity index is 1110. The van der Waals surface area contributed by atoms with Crippen molar-refractivity contribution < 1.29 is 4.79 Å². The van der Waals surface area contributed by atoms with Crippen molar-refractivity contribution in [3.63, 3.8) is 0 Å². The van der Waals surface area contributed by atoms with Crippen LogP contribution in [0, 0.1) is 17.8 Å². The molecule has 4 unspecified atom stereocenters. The van der Waals surface area contributed by atoms with Crippen molar-refractivity contribution in [3.05, 3.63) is 52.1 Å². The molecule has 0 saturated heterocycles. The normalized spacial score (nSPS) is 25.5. The van der Waals surface area contributed by atoms with Gasteiger partial charge in [-0.15, -0.1) is 0 Å². The smallest absolute Gasteiger partial charge is 0.223 e. The molecule has 8 heteroatoms. The molecule has 142 valence electrons. The molecule has 4 atom stereocenters. The Labute approximate surface area is 174 Å². The summed E-state index contributed by atoms with van der Waals surface area (Å²) in [7, 11) is 0. The monoisotopic (exact) mass is 457 g/mol. The van der Waals surface area contributed by atoms with Crippen molar-refractivity contribution in [1.82, 2.24) is 15.0 Å². The first-order valence-corrected chi connectivity index (χ1v) is 10.2. The molecule has 2 bridgehead atoms. The van der Waals surface area contributed by atoms with E-state index in [4.69, 9.17) is 22.3 Å². The number of imidazole rings is 1. The van der Waals surface area contributed by atoms with Gasteiger partial charge in [0.15, 0.2) is 5.65 Å². The molecule has 1 amide bonds. The highest BCUT2D eigenvalue weighted by atomic mass is 79.9. The number of fused-ring (bicyclic) bond motifs is 3. The molecule has 3 aromatic rings. The minimum absolute atomic E-state index is 0.0509. The fraction of sp³-hybridized carbons (Fsp3) is 0.250. The van der Waals surface area contributed by atoms with Crippen LogP contribution in [-0.2, 0) is 4.79 Å². The maximum Gasteiger partial charge on any atom is 0.223 e. The minimum atomic E-state index is -0.264. The van der Waals surface area contributed by atoms with Crippen LogP contribution in [0.3, 0.4) is 0 Å². The molecule has 4 N–H and O–H groups in total. The lowest BCUT2D eigenvalue weighted by atomic mass is 9.88. The molecule has 1 fully saturated rings. The molecule has 1 saturated carbocycles. The van der Waals surface area contributed by atoms with Crippen LogP contribution < -0.4 is 11.1 Å². The van der Waals surface area contributed by atoms with E-state index in [0.717, 1.165) is 22.1 Å². The van der Waals surface area contributed by atoms with Crippen molar-refractivity contribution >= 4 is 50.3 Å². The lowest BCUT2D eigenvalue weighted by Gasteiger charge is -2.28. The van der Waals surface area contributed by atoms with Crippen molar-refractivity contribution in [3.8, 4) is 11.4 Å². The molecule has 6 nitrogen and oxygen atoms in total. The summed E-state index contributed by atoms with van der Waals surface area (Å²) in [6, 6.07) is 7.42. The van der Waals surface area contributed by atoms with E-state index in [1.165, 1.54) is 0 Å². The van der Waals surface area contributed by atoms with Crippen LogP contribution in [0.2, 0.25) is 5.02 Å². The van der Waals surface area contributed by atoms with Crippen LogP contribution in [0.25, 0.3) is 22.6 Å². The number of hydrogen-bond donors (Lipinski definition) is 3. The fourth-order valence-corrected chi connectivity index (χ4v) is 4.92. The number of benzene rings is 1. The molecular formula is C20H17BrClN5O. The number of amides is 1. The van der Waals surface area contributed by atoms with Gasteiger partial charge in [0, 0.05) is 22.8 Å². The number of aromatic amines is 1. The average molecular weight is 459 g/mol. The van der Waals surface area contributed by atoms with E-state index in [-0.39, 0.29) is 29.7 Å². The molecule has 2 heterocycles. The van der Waals surface area contributed by atoms with Gasteiger partial charge in [0.1, 0.15) is 11.3 Å². The summed E-state index contributed by atoms with van der Waals surface area (Å²) in [6.45, 7) is 0. The number of rotatable bonds is 4. The highest BCUT2D eigenvalue weighted by Gasteiger charge is 2.47. The summed E-state index contributed by atoms with van der Waals surface area (Å²) in [5.74, 6) is 0.714. The van der Waals surface area contributed by atoms with E-state index >= 15 is 0 Å². The number of hydrogen-bond acceptors (Lipinski definition) is 4. The lowest BCUT2D eigenvalue weighted by molar-refractivity contribution is -0.122. The third-order valence-corrected chi connectivity index (χ3v) is 6.54. The molecule has 2 aliphatic rings. The van der Waals surface area contributed by atoms with E-state index in [1.807, 2.05) is 24.3 Å². The zero-order chi connectivity index (χ0) is 19.4. The predicted octanol–water partition coefficient (Wildman–Crippen LogP) is 4.13. The number of anilines is 1. The second-order valence-corrected chi connectivity index (χ2v) is 8.61. The molecule has 0 radical (unpaired) electrons. The van der Waals surface area contributed by atoms with Gasteiger partial charge in [-0.25, -0.2) is 9.97 Å². The number of carbonyl (C=O) groups is 1. The zero-order valence-corrected chi connectivity index (χ0v) is 17.0. The van der Waals surface area contributed by atoms with Crippen molar-refractivity contribution in [2.75, 3.05) is 5.32 Å². The van der Waals surface area contributed by atoms with Crippen LogP contribution in [0.15, 0.2) is 47.1 Å². The number of allylic oxidation sites excluding steroid dienone is 1. The molecule has 0 spiro atoms. The van der Waals surface area contributed by atoms with Gasteiger partial charge < -0.3 is 16.0 Å². The first-order chi connectivity index (χ1) is 13.5. The van der Waals surface area contributed by atoms with Crippen molar-refractivity contribution in [2.24, 2.45) is 23.5 Å². The summed E-state index contributed by atoms with van der Waals surface area (Å²) in [6.07, 6.45) is 6.98. The third-order valence-electron chi connectivity index (χ3n) is 5.68. The van der Waals surface area contributed by atoms with Gasteiger partial charge >= 0.3 is 0 Å². The second-order valence-electron chi connectivity index (χ2n) is 7.32. The Morgan fingerprint density at radius 2 is 2.00 bits per heavy atom. The number of nitrogens with one attached hydrogen (secondary N) is 2. The molecule has 28 heavy (non-hydrogen) atoms. The van der Waals surface area contributed by atoms with Crippen LogP contribution in [0.1, 0.15) is 6.42 Å². The molecule has 2 aliphatic carbocycles. The van der Waals surface area contributed by atoms with E-state index < -0.39 is 0 Å². The van der Waals surface area contributed by atoms with Crippen LogP contribution >= 0.6 is 27.5 Å². The number of aromatic nitrogens is 3. The van der Waals surface area contributed by atoms with Gasteiger partial charge in [-0.05, 0) is 58.5 Å². The summed E-state index contributed by atoms with van der Waals surface area (Å²) >= 11 is 9.57.